The van der Waals surface area contributed by atoms with Crippen molar-refractivity contribution in [2.45, 2.75) is 46.5 Å². The van der Waals surface area contributed by atoms with E-state index in [1.54, 1.807) is 0 Å². The van der Waals surface area contributed by atoms with Gasteiger partial charge in [-0.15, -0.1) is 0 Å². The summed E-state index contributed by atoms with van der Waals surface area (Å²) in [5.41, 5.74) is 3.93. The highest BCUT2D eigenvalue weighted by Crippen LogP contribution is 2.32. The first-order valence-corrected chi connectivity index (χ1v) is 7.90. The van der Waals surface area contributed by atoms with Crippen LogP contribution in [0.5, 0.6) is 0 Å². The summed E-state index contributed by atoms with van der Waals surface area (Å²) in [5.74, 6) is 0.912. The molecule has 1 aromatic carbocycles. The summed E-state index contributed by atoms with van der Waals surface area (Å²) in [6, 6.07) is 4.04. The second-order valence-corrected chi connectivity index (χ2v) is 6.20. The van der Waals surface area contributed by atoms with Crippen molar-refractivity contribution in [3.63, 3.8) is 0 Å². The minimum absolute atomic E-state index is 0.293. The van der Waals surface area contributed by atoms with Crippen molar-refractivity contribution in [2.24, 2.45) is 10.9 Å². The van der Waals surface area contributed by atoms with Crippen LogP contribution in [0.2, 0.25) is 0 Å². The van der Waals surface area contributed by atoms with E-state index in [-0.39, 0.29) is 0 Å². The molecule has 1 aliphatic rings. The Bertz CT molecular complexity index is 544. The molecule has 3 nitrogen and oxygen atoms in total. The first-order valence-electron chi connectivity index (χ1n) is 7.90. The number of carbonyl (C=O) groups is 1. The molecule has 0 radical (unpaired) electrons. The number of rotatable bonds is 6. The number of aliphatic imine (C=N–C) groups is 1. The number of carbonyl (C=O) groups excluding carboxylic acids is 1. The van der Waals surface area contributed by atoms with Gasteiger partial charge in [-0.2, -0.15) is 0 Å². The number of hydrogen-bond acceptors (Lipinski definition) is 2. The van der Waals surface area contributed by atoms with Gasteiger partial charge < -0.3 is 4.90 Å². The van der Waals surface area contributed by atoms with E-state index in [1.165, 1.54) is 19.3 Å². The molecule has 0 saturated heterocycles. The molecule has 0 spiro atoms. The van der Waals surface area contributed by atoms with Crippen LogP contribution < -0.4 is 0 Å². The van der Waals surface area contributed by atoms with Crippen molar-refractivity contribution in [3.05, 3.63) is 28.8 Å². The summed E-state index contributed by atoms with van der Waals surface area (Å²) < 4.78 is 0. The zero-order valence-corrected chi connectivity index (χ0v) is 13.6. The number of benzene rings is 1. The van der Waals surface area contributed by atoms with E-state index >= 15 is 0 Å². The summed E-state index contributed by atoms with van der Waals surface area (Å²) in [7, 11) is 2.00. The third-order valence-corrected chi connectivity index (χ3v) is 4.43. The molecule has 1 aromatic rings. The van der Waals surface area contributed by atoms with Crippen LogP contribution in [-0.2, 0) is 0 Å². The van der Waals surface area contributed by atoms with E-state index in [1.807, 2.05) is 44.3 Å². The molecular formula is C18H26N2O. The molecule has 0 amide bonds. The molecule has 0 atom stereocenters. The van der Waals surface area contributed by atoms with Crippen LogP contribution in [0.15, 0.2) is 17.1 Å². The van der Waals surface area contributed by atoms with E-state index in [4.69, 9.17) is 0 Å². The molecule has 114 valence electrons. The van der Waals surface area contributed by atoms with Crippen LogP contribution in [0.4, 0.5) is 5.69 Å². The lowest BCUT2D eigenvalue weighted by molar-refractivity contribution is 0.0936. The first kappa shape index (κ1) is 15.7. The first-order chi connectivity index (χ1) is 10.0. The predicted octanol–water partition coefficient (Wildman–Crippen LogP) is 4.29. The van der Waals surface area contributed by atoms with Crippen LogP contribution in [0, 0.1) is 19.8 Å². The van der Waals surface area contributed by atoms with Crippen molar-refractivity contribution >= 4 is 17.8 Å². The molecule has 3 heteroatoms. The van der Waals surface area contributed by atoms with Gasteiger partial charge in [-0.05, 0) is 49.9 Å². The fourth-order valence-corrected chi connectivity index (χ4v) is 2.55. The van der Waals surface area contributed by atoms with Crippen molar-refractivity contribution in [1.29, 1.82) is 0 Å². The maximum Gasteiger partial charge on any atom is 0.163 e. The molecule has 2 rings (SSSR count). The number of Topliss-reactive ketones (excluding diaryl/α,β-unsaturated/α-hetero) is 1. The topological polar surface area (TPSA) is 32.7 Å². The summed E-state index contributed by atoms with van der Waals surface area (Å²) in [5, 5.41) is 0. The molecular weight excluding hydrogens is 260 g/mol. The van der Waals surface area contributed by atoms with Gasteiger partial charge in [-0.1, -0.05) is 19.3 Å². The van der Waals surface area contributed by atoms with Crippen molar-refractivity contribution < 1.29 is 4.79 Å². The normalized spacial score (nSPS) is 15.2. The highest BCUT2D eigenvalue weighted by atomic mass is 16.1. The van der Waals surface area contributed by atoms with Crippen LogP contribution in [-0.4, -0.2) is 30.6 Å². The van der Waals surface area contributed by atoms with Crippen LogP contribution in [0.1, 0.15) is 54.1 Å². The Morgan fingerprint density at radius 3 is 2.62 bits per heavy atom. The predicted molar refractivity (Wildman–Crippen MR) is 88.7 cm³/mol. The zero-order valence-electron chi connectivity index (χ0n) is 13.6. The van der Waals surface area contributed by atoms with Gasteiger partial charge in [0, 0.05) is 25.6 Å². The van der Waals surface area contributed by atoms with E-state index in [2.05, 4.69) is 11.9 Å². The molecule has 0 heterocycles. The molecule has 1 fully saturated rings. The zero-order chi connectivity index (χ0) is 15.4. The molecule has 0 aliphatic heterocycles. The van der Waals surface area contributed by atoms with Gasteiger partial charge in [-0.3, -0.25) is 4.79 Å². The van der Waals surface area contributed by atoms with Crippen molar-refractivity contribution in [1.82, 2.24) is 4.90 Å². The number of hydrogen-bond donors (Lipinski definition) is 0. The maximum atomic E-state index is 12.4. The molecule has 21 heavy (non-hydrogen) atoms. The van der Waals surface area contributed by atoms with Gasteiger partial charge in [0.05, 0.1) is 12.0 Å². The Balaban J connectivity index is 2.15. The lowest BCUT2D eigenvalue weighted by Crippen LogP contribution is -2.16. The third-order valence-electron chi connectivity index (χ3n) is 4.43. The lowest BCUT2D eigenvalue weighted by atomic mass is 9.80. The minimum Gasteiger partial charge on any atom is -0.366 e. The van der Waals surface area contributed by atoms with Crippen molar-refractivity contribution in [3.8, 4) is 0 Å². The number of aryl methyl sites for hydroxylation is 2. The average Bonchev–Trinajstić information content (AvgIpc) is 2.42. The fourth-order valence-electron chi connectivity index (χ4n) is 2.55. The molecule has 1 aliphatic carbocycles. The summed E-state index contributed by atoms with van der Waals surface area (Å²) >= 11 is 0. The fraction of sp³-hybridized carbons (Fsp3) is 0.556. The Labute approximate surface area is 128 Å². The lowest BCUT2D eigenvalue weighted by Gasteiger charge is -2.24. The summed E-state index contributed by atoms with van der Waals surface area (Å²) in [4.78, 5) is 18.9. The van der Waals surface area contributed by atoms with Gasteiger partial charge in [0.15, 0.2) is 5.78 Å². The van der Waals surface area contributed by atoms with Gasteiger partial charge in [0.1, 0.15) is 0 Å². The largest absolute Gasteiger partial charge is 0.366 e. The quantitative estimate of drug-likeness (QED) is 0.444. The second-order valence-electron chi connectivity index (χ2n) is 6.20. The molecule has 0 bridgehead atoms. The Hall–Kier alpha value is -1.64. The summed E-state index contributed by atoms with van der Waals surface area (Å²) in [6.45, 7) is 7.06. The highest BCUT2D eigenvalue weighted by molar-refractivity contribution is 5.98. The Morgan fingerprint density at radius 1 is 1.33 bits per heavy atom. The molecule has 0 unspecified atom stereocenters. The highest BCUT2D eigenvalue weighted by Gasteiger charge is 2.22. The van der Waals surface area contributed by atoms with E-state index in [0.717, 1.165) is 28.9 Å². The van der Waals surface area contributed by atoms with Crippen LogP contribution >= 0.6 is 0 Å². The smallest absolute Gasteiger partial charge is 0.163 e. The SMILES string of the molecule is CCN(C)C=Nc1cc(C)c(C(=O)CC2CCC2)cc1C. The number of nitrogens with zero attached hydrogens (tertiary/aromatic N) is 2. The van der Waals surface area contributed by atoms with Crippen LogP contribution in [0.25, 0.3) is 0 Å². The molecule has 1 saturated carbocycles. The van der Waals surface area contributed by atoms with E-state index in [0.29, 0.717) is 18.1 Å². The van der Waals surface area contributed by atoms with E-state index in [9.17, 15) is 4.79 Å². The maximum absolute atomic E-state index is 12.4. The summed E-state index contributed by atoms with van der Waals surface area (Å²) in [6.07, 6.45) is 6.28. The third kappa shape index (κ3) is 3.93. The van der Waals surface area contributed by atoms with Crippen LogP contribution in [0.3, 0.4) is 0 Å². The van der Waals surface area contributed by atoms with Gasteiger partial charge >= 0.3 is 0 Å². The Morgan fingerprint density at radius 2 is 2.05 bits per heavy atom. The van der Waals surface area contributed by atoms with E-state index < -0.39 is 0 Å². The average molecular weight is 286 g/mol. The van der Waals surface area contributed by atoms with Gasteiger partial charge in [0.25, 0.3) is 0 Å². The van der Waals surface area contributed by atoms with Crippen molar-refractivity contribution in [2.75, 3.05) is 13.6 Å². The molecule has 0 aromatic heterocycles. The van der Waals surface area contributed by atoms with Gasteiger partial charge in [0.2, 0.25) is 0 Å². The molecule has 0 N–H and O–H groups in total. The minimum atomic E-state index is 0.293. The standard InChI is InChI=1S/C18H26N2O/c1-5-20(4)12-19-17-10-13(2)16(9-14(17)3)18(21)11-15-7-6-8-15/h9-10,12,15H,5-8,11H2,1-4H3. The van der Waals surface area contributed by atoms with Gasteiger partial charge in [-0.25, -0.2) is 4.99 Å². The Kier molecular flexibility index (Phi) is 5.16. The second kappa shape index (κ2) is 6.88. The number of ketones is 1. The monoisotopic (exact) mass is 286 g/mol.